The standard InChI is InChI=1S/C23H21NO3S/c1-5-27-23(26)18-17-12-14(3)10-11-24(17)19-15(4)21(28-22(18)19)20(25)16-8-6-13(2)7-9-16/h6-12H,5H2,1-4H3. The predicted octanol–water partition coefficient (Wildman–Crippen LogP) is 5.49. The van der Waals surface area contributed by atoms with E-state index in [-0.39, 0.29) is 11.8 Å². The van der Waals surface area contributed by atoms with Gasteiger partial charge in [0.15, 0.2) is 0 Å². The van der Waals surface area contributed by atoms with Crippen molar-refractivity contribution in [3.05, 3.63) is 75.3 Å². The Kier molecular flexibility index (Phi) is 4.55. The van der Waals surface area contributed by atoms with E-state index in [2.05, 4.69) is 0 Å². The number of ketones is 1. The third-order valence-corrected chi connectivity index (χ3v) is 6.25. The average molecular weight is 391 g/mol. The first-order valence-corrected chi connectivity index (χ1v) is 10.1. The van der Waals surface area contributed by atoms with Crippen LogP contribution in [0.2, 0.25) is 0 Å². The van der Waals surface area contributed by atoms with Crippen molar-refractivity contribution < 1.29 is 14.3 Å². The summed E-state index contributed by atoms with van der Waals surface area (Å²) < 4.78 is 8.11. The van der Waals surface area contributed by atoms with E-state index in [0.717, 1.165) is 32.4 Å². The number of hydrogen-bond acceptors (Lipinski definition) is 4. The van der Waals surface area contributed by atoms with Crippen LogP contribution in [0.4, 0.5) is 0 Å². The van der Waals surface area contributed by atoms with Crippen LogP contribution >= 0.6 is 11.3 Å². The smallest absolute Gasteiger partial charge is 0.341 e. The van der Waals surface area contributed by atoms with Gasteiger partial charge >= 0.3 is 5.97 Å². The maximum absolute atomic E-state index is 13.1. The van der Waals surface area contributed by atoms with Crippen LogP contribution in [-0.4, -0.2) is 22.8 Å². The first-order chi connectivity index (χ1) is 13.4. The van der Waals surface area contributed by atoms with Crippen molar-refractivity contribution in [3.8, 4) is 0 Å². The van der Waals surface area contributed by atoms with Crippen LogP contribution in [0.5, 0.6) is 0 Å². The summed E-state index contributed by atoms with van der Waals surface area (Å²) in [6.45, 7) is 8.04. The number of pyridine rings is 1. The fourth-order valence-corrected chi connectivity index (χ4v) is 4.83. The van der Waals surface area contributed by atoms with Gasteiger partial charge in [-0.3, -0.25) is 4.79 Å². The molecule has 1 aromatic carbocycles. The van der Waals surface area contributed by atoms with Crippen molar-refractivity contribution in [1.29, 1.82) is 0 Å². The van der Waals surface area contributed by atoms with E-state index in [0.29, 0.717) is 22.6 Å². The van der Waals surface area contributed by atoms with Crippen molar-refractivity contribution in [3.63, 3.8) is 0 Å². The van der Waals surface area contributed by atoms with Crippen molar-refractivity contribution >= 4 is 38.8 Å². The lowest BCUT2D eigenvalue weighted by molar-refractivity contribution is 0.0531. The molecule has 3 aromatic heterocycles. The summed E-state index contributed by atoms with van der Waals surface area (Å²) in [5.74, 6) is -0.370. The van der Waals surface area contributed by atoms with Crippen molar-refractivity contribution in [2.45, 2.75) is 27.7 Å². The maximum Gasteiger partial charge on any atom is 0.341 e. The van der Waals surface area contributed by atoms with Crippen molar-refractivity contribution in [2.24, 2.45) is 0 Å². The van der Waals surface area contributed by atoms with Crippen molar-refractivity contribution in [2.75, 3.05) is 6.61 Å². The number of aryl methyl sites for hydroxylation is 3. The number of ether oxygens (including phenoxy) is 1. The Hall–Kier alpha value is -2.92. The van der Waals surface area contributed by atoms with E-state index in [4.69, 9.17) is 4.74 Å². The topological polar surface area (TPSA) is 47.8 Å². The molecule has 4 rings (SSSR count). The molecule has 3 heterocycles. The Morgan fingerprint density at radius 3 is 2.43 bits per heavy atom. The third-order valence-electron chi connectivity index (χ3n) is 4.95. The minimum atomic E-state index is -0.351. The van der Waals surface area contributed by atoms with Crippen LogP contribution in [0.15, 0.2) is 42.6 Å². The fourth-order valence-electron chi connectivity index (χ4n) is 3.53. The molecule has 0 aliphatic heterocycles. The molecule has 0 aliphatic rings. The molecule has 0 N–H and O–H groups in total. The zero-order valence-corrected chi connectivity index (χ0v) is 17.1. The summed E-state index contributed by atoms with van der Waals surface area (Å²) in [5.41, 5.74) is 5.98. The number of esters is 1. The number of benzene rings is 1. The molecule has 28 heavy (non-hydrogen) atoms. The molecular formula is C23H21NO3S. The highest BCUT2D eigenvalue weighted by Gasteiger charge is 2.26. The summed E-state index contributed by atoms with van der Waals surface area (Å²) in [5, 5.41) is 0. The normalized spacial score (nSPS) is 11.3. The Morgan fingerprint density at radius 2 is 1.75 bits per heavy atom. The summed E-state index contributed by atoms with van der Waals surface area (Å²) >= 11 is 1.37. The van der Waals surface area contributed by atoms with Gasteiger partial charge in [0.2, 0.25) is 5.78 Å². The second kappa shape index (κ2) is 6.91. The Balaban J connectivity index is 1.98. The van der Waals surface area contributed by atoms with E-state index < -0.39 is 0 Å². The molecule has 0 atom stereocenters. The predicted molar refractivity (Wildman–Crippen MR) is 113 cm³/mol. The SMILES string of the molecule is CCOC(=O)c1c2sc(C(=O)c3ccc(C)cc3)c(C)c2n2ccc(C)cc12. The summed E-state index contributed by atoms with van der Waals surface area (Å²) in [7, 11) is 0. The number of fused-ring (bicyclic) bond motifs is 3. The van der Waals surface area contributed by atoms with Crippen LogP contribution in [0.1, 0.15) is 49.2 Å². The molecule has 0 bridgehead atoms. The number of nitrogens with zero attached hydrogens (tertiary/aromatic N) is 1. The number of carbonyl (C=O) groups is 2. The monoisotopic (exact) mass is 391 g/mol. The highest BCUT2D eigenvalue weighted by atomic mass is 32.1. The molecule has 5 heteroatoms. The highest BCUT2D eigenvalue weighted by molar-refractivity contribution is 7.21. The number of rotatable bonds is 4. The van der Waals surface area contributed by atoms with E-state index in [1.54, 1.807) is 6.92 Å². The molecule has 0 saturated carbocycles. The lowest BCUT2D eigenvalue weighted by Gasteiger charge is -2.04. The quantitative estimate of drug-likeness (QED) is 0.341. The summed E-state index contributed by atoms with van der Waals surface area (Å²) in [6, 6.07) is 11.6. The van der Waals surface area contributed by atoms with E-state index >= 15 is 0 Å². The number of thiophene rings is 1. The van der Waals surface area contributed by atoms with Gasteiger partial charge in [0.1, 0.15) is 5.56 Å². The number of hydrogen-bond donors (Lipinski definition) is 0. The molecule has 0 saturated heterocycles. The molecule has 0 fully saturated rings. The minimum absolute atomic E-state index is 0.0191. The molecule has 0 radical (unpaired) electrons. The Bertz CT molecular complexity index is 1230. The molecule has 0 unspecified atom stereocenters. The third kappa shape index (κ3) is 2.83. The fraction of sp³-hybridized carbons (Fsp3) is 0.217. The van der Waals surface area contributed by atoms with Crippen LogP contribution in [-0.2, 0) is 4.74 Å². The van der Waals surface area contributed by atoms with Gasteiger partial charge in [-0.1, -0.05) is 29.8 Å². The van der Waals surface area contributed by atoms with Crippen LogP contribution in [0.25, 0.3) is 15.7 Å². The molecule has 4 nitrogen and oxygen atoms in total. The van der Waals surface area contributed by atoms with E-state index in [1.165, 1.54) is 11.3 Å². The Labute approximate surface area is 167 Å². The lowest BCUT2D eigenvalue weighted by atomic mass is 10.1. The zero-order chi connectivity index (χ0) is 20.0. The number of aromatic nitrogens is 1. The van der Waals surface area contributed by atoms with Gasteiger partial charge in [0.25, 0.3) is 0 Å². The largest absolute Gasteiger partial charge is 0.462 e. The van der Waals surface area contributed by atoms with E-state index in [9.17, 15) is 9.59 Å². The van der Waals surface area contributed by atoms with Gasteiger partial charge in [-0.2, -0.15) is 0 Å². The molecule has 0 amide bonds. The minimum Gasteiger partial charge on any atom is -0.462 e. The van der Waals surface area contributed by atoms with Gasteiger partial charge in [0, 0.05) is 11.8 Å². The molecular weight excluding hydrogens is 370 g/mol. The zero-order valence-electron chi connectivity index (χ0n) is 16.3. The average Bonchev–Trinajstić information content (AvgIpc) is 3.16. The first kappa shape index (κ1) is 18.4. The molecule has 4 aromatic rings. The van der Waals surface area contributed by atoms with Gasteiger partial charge in [-0.25, -0.2) is 4.79 Å². The molecule has 142 valence electrons. The van der Waals surface area contributed by atoms with Gasteiger partial charge in [0.05, 0.1) is 27.2 Å². The lowest BCUT2D eigenvalue weighted by Crippen LogP contribution is -2.04. The molecule has 0 spiro atoms. The Morgan fingerprint density at radius 1 is 1.04 bits per heavy atom. The van der Waals surface area contributed by atoms with Gasteiger partial charge in [-0.15, -0.1) is 11.3 Å². The maximum atomic E-state index is 13.1. The van der Waals surface area contributed by atoms with E-state index in [1.807, 2.05) is 67.8 Å². The van der Waals surface area contributed by atoms with Crippen LogP contribution in [0.3, 0.4) is 0 Å². The van der Waals surface area contributed by atoms with Crippen LogP contribution in [0, 0.1) is 20.8 Å². The second-order valence-electron chi connectivity index (χ2n) is 6.98. The molecule has 0 aliphatic carbocycles. The highest BCUT2D eigenvalue weighted by Crippen LogP contribution is 2.39. The summed E-state index contributed by atoms with van der Waals surface area (Å²) in [6.07, 6.45) is 1.95. The van der Waals surface area contributed by atoms with Crippen molar-refractivity contribution in [1.82, 2.24) is 4.40 Å². The van der Waals surface area contributed by atoms with Gasteiger partial charge in [-0.05, 0) is 51.0 Å². The summed E-state index contributed by atoms with van der Waals surface area (Å²) in [4.78, 5) is 26.5. The first-order valence-electron chi connectivity index (χ1n) is 9.24. The number of carbonyl (C=O) groups excluding carboxylic acids is 2. The van der Waals surface area contributed by atoms with Gasteiger partial charge < -0.3 is 9.14 Å². The van der Waals surface area contributed by atoms with Crippen LogP contribution < -0.4 is 0 Å². The second-order valence-corrected chi connectivity index (χ2v) is 8.00.